The normalized spacial score (nSPS) is 12.0. The molecule has 0 spiro atoms. The lowest BCUT2D eigenvalue weighted by Gasteiger charge is -2.12. The van der Waals surface area contributed by atoms with Crippen LogP contribution in [0.3, 0.4) is 0 Å². The van der Waals surface area contributed by atoms with Crippen LogP contribution in [-0.2, 0) is 6.61 Å². The number of benzene rings is 2. The standard InChI is InChI=1S/C16H17BrFNO2/c1-10(19)11-3-5-16(14(18)8-11)21-9-12-7-13(17)4-6-15(12)20-2/h3-8,10H,9,19H2,1-2H3/t10-/m0/s1. The molecule has 0 bridgehead atoms. The Kier molecular flexibility index (Phi) is 5.20. The topological polar surface area (TPSA) is 44.5 Å². The molecule has 0 aliphatic carbocycles. The summed E-state index contributed by atoms with van der Waals surface area (Å²) in [6.45, 7) is 2.03. The Morgan fingerprint density at radius 2 is 1.90 bits per heavy atom. The summed E-state index contributed by atoms with van der Waals surface area (Å²) in [6.07, 6.45) is 0. The number of hydrogen-bond acceptors (Lipinski definition) is 3. The quantitative estimate of drug-likeness (QED) is 0.876. The van der Waals surface area contributed by atoms with Gasteiger partial charge in [0, 0.05) is 16.1 Å². The highest BCUT2D eigenvalue weighted by molar-refractivity contribution is 9.10. The van der Waals surface area contributed by atoms with Gasteiger partial charge in [-0.05, 0) is 42.8 Å². The van der Waals surface area contributed by atoms with Crippen LogP contribution in [0.4, 0.5) is 4.39 Å². The molecule has 0 saturated carbocycles. The second-order valence-electron chi connectivity index (χ2n) is 4.72. The summed E-state index contributed by atoms with van der Waals surface area (Å²) in [5, 5.41) is 0. The van der Waals surface area contributed by atoms with Gasteiger partial charge in [-0.2, -0.15) is 0 Å². The summed E-state index contributed by atoms with van der Waals surface area (Å²) in [7, 11) is 1.59. The molecule has 0 heterocycles. The Balaban J connectivity index is 2.15. The van der Waals surface area contributed by atoms with Crippen molar-refractivity contribution in [2.45, 2.75) is 19.6 Å². The first-order chi connectivity index (χ1) is 10.0. The minimum absolute atomic E-state index is 0.196. The van der Waals surface area contributed by atoms with Crippen molar-refractivity contribution in [2.24, 2.45) is 5.73 Å². The lowest BCUT2D eigenvalue weighted by molar-refractivity contribution is 0.282. The highest BCUT2D eigenvalue weighted by atomic mass is 79.9. The van der Waals surface area contributed by atoms with Gasteiger partial charge < -0.3 is 15.2 Å². The third-order valence-electron chi connectivity index (χ3n) is 3.11. The number of ether oxygens (including phenoxy) is 2. The molecular weight excluding hydrogens is 337 g/mol. The van der Waals surface area contributed by atoms with Crippen LogP contribution in [0.5, 0.6) is 11.5 Å². The number of hydrogen-bond donors (Lipinski definition) is 1. The predicted molar refractivity (Wildman–Crippen MR) is 84.0 cm³/mol. The molecule has 0 fully saturated rings. The van der Waals surface area contributed by atoms with Gasteiger partial charge in [0.15, 0.2) is 11.6 Å². The maximum Gasteiger partial charge on any atom is 0.165 e. The van der Waals surface area contributed by atoms with E-state index < -0.39 is 5.82 Å². The van der Waals surface area contributed by atoms with Gasteiger partial charge in [0.05, 0.1) is 7.11 Å². The molecule has 0 amide bonds. The van der Waals surface area contributed by atoms with E-state index >= 15 is 0 Å². The van der Waals surface area contributed by atoms with Gasteiger partial charge in [-0.3, -0.25) is 0 Å². The van der Waals surface area contributed by atoms with Crippen LogP contribution in [0.2, 0.25) is 0 Å². The van der Waals surface area contributed by atoms with E-state index in [1.54, 1.807) is 19.2 Å². The molecule has 21 heavy (non-hydrogen) atoms. The monoisotopic (exact) mass is 353 g/mol. The first kappa shape index (κ1) is 15.8. The number of rotatable bonds is 5. The maximum absolute atomic E-state index is 14.0. The van der Waals surface area contributed by atoms with Crippen LogP contribution in [0.15, 0.2) is 40.9 Å². The zero-order chi connectivity index (χ0) is 15.4. The summed E-state index contributed by atoms with van der Waals surface area (Å²) in [5.74, 6) is 0.478. The van der Waals surface area contributed by atoms with E-state index in [-0.39, 0.29) is 18.4 Å². The van der Waals surface area contributed by atoms with Crippen LogP contribution in [-0.4, -0.2) is 7.11 Å². The first-order valence-corrected chi connectivity index (χ1v) is 7.31. The van der Waals surface area contributed by atoms with Crippen molar-refractivity contribution in [3.63, 3.8) is 0 Å². The summed E-state index contributed by atoms with van der Waals surface area (Å²) in [5.41, 5.74) is 7.29. The smallest absolute Gasteiger partial charge is 0.165 e. The Bertz CT molecular complexity index is 632. The maximum atomic E-state index is 14.0. The van der Waals surface area contributed by atoms with E-state index in [9.17, 15) is 4.39 Å². The van der Waals surface area contributed by atoms with Gasteiger partial charge in [0.2, 0.25) is 0 Å². The zero-order valence-electron chi connectivity index (χ0n) is 11.9. The van der Waals surface area contributed by atoms with Crippen molar-refractivity contribution in [1.29, 1.82) is 0 Å². The van der Waals surface area contributed by atoms with Crippen molar-refractivity contribution in [3.8, 4) is 11.5 Å². The van der Waals surface area contributed by atoms with Crippen molar-refractivity contribution in [1.82, 2.24) is 0 Å². The molecule has 2 rings (SSSR count). The van der Waals surface area contributed by atoms with E-state index in [0.29, 0.717) is 5.75 Å². The second kappa shape index (κ2) is 6.91. The molecule has 0 saturated heterocycles. The third-order valence-corrected chi connectivity index (χ3v) is 3.60. The molecule has 3 nitrogen and oxygen atoms in total. The van der Waals surface area contributed by atoms with Crippen LogP contribution >= 0.6 is 15.9 Å². The molecular formula is C16H17BrFNO2. The summed E-state index contributed by atoms with van der Waals surface area (Å²) >= 11 is 3.39. The predicted octanol–water partition coefficient (Wildman–Crippen LogP) is 4.20. The van der Waals surface area contributed by atoms with Gasteiger partial charge in [-0.15, -0.1) is 0 Å². The highest BCUT2D eigenvalue weighted by Crippen LogP contribution is 2.26. The molecule has 0 aliphatic rings. The van der Waals surface area contributed by atoms with E-state index in [0.717, 1.165) is 15.6 Å². The average Bonchev–Trinajstić information content (AvgIpc) is 2.46. The van der Waals surface area contributed by atoms with Crippen molar-refractivity contribution in [2.75, 3.05) is 7.11 Å². The van der Waals surface area contributed by atoms with Crippen molar-refractivity contribution >= 4 is 15.9 Å². The zero-order valence-corrected chi connectivity index (χ0v) is 13.5. The van der Waals surface area contributed by atoms with E-state index in [4.69, 9.17) is 15.2 Å². The Morgan fingerprint density at radius 1 is 1.19 bits per heavy atom. The molecule has 1 atom stereocenters. The molecule has 2 aromatic carbocycles. The largest absolute Gasteiger partial charge is 0.496 e. The van der Waals surface area contributed by atoms with E-state index in [1.807, 2.05) is 25.1 Å². The molecule has 0 aliphatic heterocycles. The fourth-order valence-electron chi connectivity index (χ4n) is 1.93. The lowest BCUT2D eigenvalue weighted by Crippen LogP contribution is -2.06. The van der Waals surface area contributed by atoms with Gasteiger partial charge in [-0.1, -0.05) is 22.0 Å². The minimum Gasteiger partial charge on any atom is -0.496 e. The average molecular weight is 354 g/mol. The van der Waals surface area contributed by atoms with E-state index in [1.165, 1.54) is 6.07 Å². The number of methoxy groups -OCH3 is 1. The molecule has 0 aromatic heterocycles. The number of nitrogens with two attached hydrogens (primary N) is 1. The molecule has 112 valence electrons. The van der Waals surface area contributed by atoms with Crippen LogP contribution in [0.1, 0.15) is 24.1 Å². The van der Waals surface area contributed by atoms with E-state index in [2.05, 4.69) is 15.9 Å². The molecule has 5 heteroatoms. The van der Waals surface area contributed by atoms with Crippen molar-refractivity contribution < 1.29 is 13.9 Å². The van der Waals surface area contributed by atoms with Gasteiger partial charge in [0.1, 0.15) is 12.4 Å². The van der Waals surface area contributed by atoms with Crippen LogP contribution < -0.4 is 15.2 Å². The molecule has 2 aromatic rings. The SMILES string of the molecule is COc1ccc(Br)cc1COc1ccc([C@H](C)N)cc1F. The van der Waals surface area contributed by atoms with Gasteiger partial charge in [0.25, 0.3) is 0 Å². The summed E-state index contributed by atoms with van der Waals surface area (Å²) in [6, 6.07) is 10.1. The minimum atomic E-state index is -0.418. The van der Waals surface area contributed by atoms with Crippen LogP contribution in [0.25, 0.3) is 0 Å². The Hall–Kier alpha value is -1.59. The Morgan fingerprint density at radius 3 is 2.52 bits per heavy atom. The fourth-order valence-corrected chi connectivity index (χ4v) is 2.34. The summed E-state index contributed by atoms with van der Waals surface area (Å²) < 4.78 is 25.7. The first-order valence-electron chi connectivity index (χ1n) is 6.51. The second-order valence-corrected chi connectivity index (χ2v) is 5.64. The fraction of sp³-hybridized carbons (Fsp3) is 0.250. The van der Waals surface area contributed by atoms with Crippen molar-refractivity contribution in [3.05, 3.63) is 57.8 Å². The third kappa shape index (κ3) is 3.95. The summed E-state index contributed by atoms with van der Waals surface area (Å²) in [4.78, 5) is 0. The highest BCUT2D eigenvalue weighted by Gasteiger charge is 2.09. The van der Waals surface area contributed by atoms with Gasteiger partial charge >= 0.3 is 0 Å². The number of halogens is 2. The van der Waals surface area contributed by atoms with Crippen LogP contribution in [0, 0.1) is 5.82 Å². The van der Waals surface area contributed by atoms with Gasteiger partial charge in [-0.25, -0.2) is 4.39 Å². The molecule has 0 radical (unpaired) electrons. The Labute approximate surface area is 132 Å². The molecule has 2 N–H and O–H groups in total. The molecule has 0 unspecified atom stereocenters. The lowest BCUT2D eigenvalue weighted by atomic mass is 10.1.